The summed E-state index contributed by atoms with van der Waals surface area (Å²) in [5.41, 5.74) is 0. The summed E-state index contributed by atoms with van der Waals surface area (Å²) in [6, 6.07) is 0. The zero-order valence-corrected chi connectivity index (χ0v) is 12.5. The van der Waals surface area contributed by atoms with Crippen molar-refractivity contribution in [1.29, 1.82) is 0 Å². The van der Waals surface area contributed by atoms with Gasteiger partial charge in [0.1, 0.15) is 0 Å². The van der Waals surface area contributed by atoms with E-state index in [4.69, 9.17) is 0 Å². The molecule has 1 fully saturated rings. The van der Waals surface area contributed by atoms with E-state index in [1.807, 2.05) is 20.9 Å². The third-order valence-corrected chi connectivity index (χ3v) is 2.98. The highest BCUT2D eigenvalue weighted by Gasteiger charge is 2.22. The number of nitrogens with one attached hydrogen (secondary N) is 1. The highest BCUT2D eigenvalue weighted by atomic mass is 16.2. The number of nitrogens with zero attached hydrogens (tertiary/aromatic N) is 4. The molecule has 20 heavy (non-hydrogen) atoms. The van der Waals surface area contributed by atoms with Crippen molar-refractivity contribution in [3.63, 3.8) is 0 Å². The second kappa shape index (κ2) is 8.14. The fourth-order valence-electron chi connectivity index (χ4n) is 2.01. The van der Waals surface area contributed by atoms with Crippen LogP contribution >= 0.6 is 0 Å². The molecule has 1 aromatic rings. The van der Waals surface area contributed by atoms with Crippen LogP contribution < -0.4 is 10.2 Å². The number of carbonyl (C=O) groups is 1. The summed E-state index contributed by atoms with van der Waals surface area (Å²) in [6.07, 6.45) is 4.70. The van der Waals surface area contributed by atoms with E-state index < -0.39 is 0 Å². The van der Waals surface area contributed by atoms with Gasteiger partial charge in [0, 0.05) is 45.6 Å². The number of aromatic nitrogens is 2. The molecule has 110 valence electrons. The molecule has 0 unspecified atom stereocenters. The molecule has 1 amide bonds. The van der Waals surface area contributed by atoms with Gasteiger partial charge >= 0.3 is 0 Å². The Hall–Kier alpha value is -2.11. The molecule has 6 nitrogen and oxygen atoms in total. The molecule has 1 aliphatic rings. The highest BCUT2D eigenvalue weighted by Crippen LogP contribution is 2.20. The van der Waals surface area contributed by atoms with Gasteiger partial charge in [0.15, 0.2) is 11.6 Å². The van der Waals surface area contributed by atoms with Gasteiger partial charge in [0.05, 0.1) is 0 Å². The molecule has 2 rings (SSSR count). The molecule has 1 saturated heterocycles. The Balaban J connectivity index is 0.000000956. The van der Waals surface area contributed by atoms with Gasteiger partial charge in [0.2, 0.25) is 5.91 Å². The van der Waals surface area contributed by atoms with Gasteiger partial charge in [-0.15, -0.1) is 0 Å². The van der Waals surface area contributed by atoms with E-state index in [0.29, 0.717) is 13.1 Å². The molecule has 0 aliphatic carbocycles. The summed E-state index contributed by atoms with van der Waals surface area (Å²) in [6.45, 7) is 10.4. The van der Waals surface area contributed by atoms with Crippen molar-refractivity contribution in [2.24, 2.45) is 0 Å². The van der Waals surface area contributed by atoms with Crippen LogP contribution in [0.4, 0.5) is 11.6 Å². The zero-order valence-electron chi connectivity index (χ0n) is 12.5. The van der Waals surface area contributed by atoms with Gasteiger partial charge in [-0.25, -0.2) is 9.97 Å². The van der Waals surface area contributed by atoms with Crippen molar-refractivity contribution in [3.8, 4) is 0 Å². The second-order valence-corrected chi connectivity index (χ2v) is 4.00. The van der Waals surface area contributed by atoms with Gasteiger partial charge in [-0.2, -0.15) is 0 Å². The lowest BCUT2D eigenvalue weighted by Gasteiger charge is -2.35. The van der Waals surface area contributed by atoms with E-state index in [0.717, 1.165) is 24.7 Å². The topological polar surface area (TPSA) is 61.4 Å². The lowest BCUT2D eigenvalue weighted by atomic mass is 10.3. The number of rotatable bonds is 3. The molecule has 0 spiro atoms. The number of hydrogen-bond donors (Lipinski definition) is 1. The fraction of sp³-hybridized carbons (Fsp3) is 0.500. The Morgan fingerprint density at radius 2 is 1.85 bits per heavy atom. The first kappa shape index (κ1) is 15.9. The average Bonchev–Trinajstić information content (AvgIpc) is 2.56. The fourth-order valence-corrected chi connectivity index (χ4v) is 2.01. The Bertz CT molecular complexity index is 441. The van der Waals surface area contributed by atoms with Crippen LogP contribution in [-0.4, -0.2) is 54.0 Å². The maximum absolute atomic E-state index is 11.5. The van der Waals surface area contributed by atoms with Crippen LogP contribution in [-0.2, 0) is 4.79 Å². The second-order valence-electron chi connectivity index (χ2n) is 4.00. The standard InChI is InChI=1S/C12H17N5O.C2H6/c1-3-10(18)16-6-8-17(9-7-16)12-11(13-2)14-4-5-15-12;1-2/h3-5H,1,6-9H2,2H3,(H,13,14);1-2H3. The van der Waals surface area contributed by atoms with E-state index in [2.05, 4.69) is 26.8 Å². The number of amides is 1. The maximum Gasteiger partial charge on any atom is 0.246 e. The molecule has 2 heterocycles. The van der Waals surface area contributed by atoms with Crippen molar-refractivity contribution in [1.82, 2.24) is 14.9 Å². The van der Waals surface area contributed by atoms with E-state index in [-0.39, 0.29) is 5.91 Å². The Morgan fingerprint density at radius 3 is 2.40 bits per heavy atom. The van der Waals surface area contributed by atoms with E-state index >= 15 is 0 Å². The monoisotopic (exact) mass is 277 g/mol. The number of hydrogen-bond acceptors (Lipinski definition) is 5. The molecule has 0 bridgehead atoms. The average molecular weight is 277 g/mol. The molecule has 0 aromatic carbocycles. The van der Waals surface area contributed by atoms with Crippen molar-refractivity contribution in [2.75, 3.05) is 43.4 Å². The summed E-state index contributed by atoms with van der Waals surface area (Å²) in [5, 5.41) is 3.03. The third-order valence-electron chi connectivity index (χ3n) is 2.98. The SMILES string of the molecule is C=CC(=O)N1CCN(c2nccnc2NC)CC1.CC. The van der Waals surface area contributed by atoms with Crippen LogP contribution in [0.1, 0.15) is 13.8 Å². The molecule has 0 saturated carbocycles. The minimum Gasteiger partial charge on any atom is -0.370 e. The number of anilines is 2. The molecular formula is C14H23N5O. The quantitative estimate of drug-likeness (QED) is 0.846. The summed E-state index contributed by atoms with van der Waals surface area (Å²) in [4.78, 5) is 24.0. The van der Waals surface area contributed by atoms with Crippen LogP contribution in [0, 0.1) is 0 Å². The maximum atomic E-state index is 11.5. The van der Waals surface area contributed by atoms with Crippen LogP contribution in [0.5, 0.6) is 0 Å². The predicted molar refractivity (Wildman–Crippen MR) is 81.9 cm³/mol. The van der Waals surface area contributed by atoms with Crippen LogP contribution in [0.25, 0.3) is 0 Å². The first-order valence-corrected chi connectivity index (χ1v) is 6.91. The summed E-state index contributed by atoms with van der Waals surface area (Å²) in [7, 11) is 1.82. The van der Waals surface area contributed by atoms with Crippen molar-refractivity contribution >= 4 is 17.5 Å². The summed E-state index contributed by atoms with van der Waals surface area (Å²) < 4.78 is 0. The largest absolute Gasteiger partial charge is 0.370 e. The van der Waals surface area contributed by atoms with Gasteiger partial charge in [0.25, 0.3) is 0 Å². The predicted octanol–water partition coefficient (Wildman–Crippen LogP) is 1.38. The first-order chi connectivity index (χ1) is 9.76. The Morgan fingerprint density at radius 1 is 1.25 bits per heavy atom. The summed E-state index contributed by atoms with van der Waals surface area (Å²) >= 11 is 0. The van der Waals surface area contributed by atoms with Crippen molar-refractivity contribution in [3.05, 3.63) is 25.0 Å². The molecule has 6 heteroatoms. The lowest BCUT2D eigenvalue weighted by Crippen LogP contribution is -2.48. The lowest BCUT2D eigenvalue weighted by molar-refractivity contribution is -0.126. The zero-order chi connectivity index (χ0) is 15.0. The molecule has 0 atom stereocenters. The Kier molecular flexibility index (Phi) is 6.49. The highest BCUT2D eigenvalue weighted by molar-refractivity contribution is 5.87. The first-order valence-electron chi connectivity index (χ1n) is 6.91. The normalized spacial score (nSPS) is 14.2. The third kappa shape index (κ3) is 3.69. The Labute approximate surface area is 120 Å². The minimum absolute atomic E-state index is 0.0114. The number of piperazine rings is 1. The van der Waals surface area contributed by atoms with Crippen molar-refractivity contribution < 1.29 is 4.79 Å². The smallest absolute Gasteiger partial charge is 0.246 e. The van der Waals surface area contributed by atoms with Gasteiger partial charge in [-0.1, -0.05) is 20.4 Å². The van der Waals surface area contributed by atoms with Crippen LogP contribution in [0.15, 0.2) is 25.0 Å². The van der Waals surface area contributed by atoms with E-state index in [1.165, 1.54) is 6.08 Å². The van der Waals surface area contributed by atoms with Gasteiger partial charge < -0.3 is 15.1 Å². The molecule has 0 radical (unpaired) electrons. The molecular weight excluding hydrogens is 254 g/mol. The van der Waals surface area contributed by atoms with Gasteiger partial charge in [-0.05, 0) is 6.08 Å². The van der Waals surface area contributed by atoms with Crippen molar-refractivity contribution in [2.45, 2.75) is 13.8 Å². The molecule has 1 aromatic heterocycles. The van der Waals surface area contributed by atoms with Gasteiger partial charge in [-0.3, -0.25) is 4.79 Å². The summed E-state index contributed by atoms with van der Waals surface area (Å²) in [5.74, 6) is 1.59. The van der Waals surface area contributed by atoms with E-state index in [1.54, 1.807) is 17.3 Å². The van der Waals surface area contributed by atoms with Crippen LogP contribution in [0.3, 0.4) is 0 Å². The van der Waals surface area contributed by atoms with Crippen LogP contribution in [0.2, 0.25) is 0 Å². The molecule has 1 aliphatic heterocycles. The minimum atomic E-state index is -0.0114. The van der Waals surface area contributed by atoms with E-state index in [9.17, 15) is 4.79 Å². The molecule has 1 N–H and O–H groups in total. The number of carbonyl (C=O) groups excluding carboxylic acids is 1.